The van der Waals surface area contributed by atoms with E-state index < -0.39 is 10.0 Å². The number of anilines is 2. The van der Waals surface area contributed by atoms with Crippen LogP contribution in [0.1, 0.15) is 22.3 Å². The minimum atomic E-state index is -3.74. The number of nitrogens with two attached hydrogens (primary N) is 1. The number of hydrogen-bond donors (Lipinski definition) is 2. The molecule has 0 bridgehead atoms. The number of sulfonamides is 1. The molecule has 0 aliphatic heterocycles. The highest BCUT2D eigenvalue weighted by atomic mass is 32.2. The second-order valence-corrected chi connectivity index (χ2v) is 11.0. The number of carbonyl (C=O) groups is 2. The number of Topliss-reactive ketones (excluding diaryl/α,β-unsaturated/α-hetero) is 1. The first-order chi connectivity index (χ1) is 17.6. The van der Waals surface area contributed by atoms with Crippen molar-refractivity contribution in [3.8, 4) is 0 Å². The number of hydrogen-bond acceptors (Lipinski definition) is 6. The first-order valence-corrected chi connectivity index (χ1v) is 13.6. The van der Waals surface area contributed by atoms with Crippen LogP contribution in [0.25, 0.3) is 11.3 Å². The van der Waals surface area contributed by atoms with Crippen LogP contribution in [0.4, 0.5) is 11.4 Å². The Morgan fingerprint density at radius 1 is 1.00 bits per heavy atom. The third-order valence-electron chi connectivity index (χ3n) is 6.23. The standard InChI is InChI=1S/C28H30N4O4S/c1-31(2)26(34)18-32(37(3,35)36)23-9-6-8-22(16-23)30-28(20-13-11-19(17-29)12-14-20)27-24-10-5-4-7-21(24)15-25(27)33/h4-14,16,30H,15,17-18,29H2,1-3H3/b28-27-. The summed E-state index contributed by atoms with van der Waals surface area (Å²) in [6, 6.07) is 22.1. The number of nitrogens with one attached hydrogen (secondary N) is 1. The third-order valence-corrected chi connectivity index (χ3v) is 7.37. The Morgan fingerprint density at radius 2 is 1.70 bits per heavy atom. The van der Waals surface area contributed by atoms with Gasteiger partial charge in [-0.1, -0.05) is 54.6 Å². The van der Waals surface area contributed by atoms with Gasteiger partial charge in [0.15, 0.2) is 5.78 Å². The summed E-state index contributed by atoms with van der Waals surface area (Å²) in [5.74, 6) is -0.350. The predicted molar refractivity (Wildman–Crippen MR) is 147 cm³/mol. The summed E-state index contributed by atoms with van der Waals surface area (Å²) in [5, 5.41) is 3.38. The van der Waals surface area contributed by atoms with E-state index in [0.717, 1.165) is 32.8 Å². The van der Waals surface area contributed by atoms with Crippen LogP contribution in [-0.4, -0.2) is 51.9 Å². The topological polar surface area (TPSA) is 113 Å². The van der Waals surface area contributed by atoms with Crippen LogP contribution in [0, 0.1) is 0 Å². The van der Waals surface area contributed by atoms with Crippen LogP contribution < -0.4 is 15.4 Å². The lowest BCUT2D eigenvalue weighted by atomic mass is 9.99. The molecule has 192 valence electrons. The highest BCUT2D eigenvalue weighted by molar-refractivity contribution is 7.92. The van der Waals surface area contributed by atoms with E-state index in [0.29, 0.717) is 35.6 Å². The third kappa shape index (κ3) is 5.73. The highest BCUT2D eigenvalue weighted by Crippen LogP contribution is 2.36. The summed E-state index contributed by atoms with van der Waals surface area (Å²) in [4.78, 5) is 26.9. The van der Waals surface area contributed by atoms with Gasteiger partial charge in [0.05, 0.1) is 17.6 Å². The van der Waals surface area contributed by atoms with Crippen LogP contribution in [0.15, 0.2) is 72.8 Å². The minimum Gasteiger partial charge on any atom is -0.354 e. The molecular formula is C28H30N4O4S. The van der Waals surface area contributed by atoms with Crippen LogP contribution in [0.3, 0.4) is 0 Å². The van der Waals surface area contributed by atoms with Crippen molar-refractivity contribution < 1.29 is 18.0 Å². The summed E-state index contributed by atoms with van der Waals surface area (Å²) in [6.45, 7) is 0.0755. The van der Waals surface area contributed by atoms with E-state index in [9.17, 15) is 18.0 Å². The summed E-state index contributed by atoms with van der Waals surface area (Å²) >= 11 is 0. The van der Waals surface area contributed by atoms with Crippen LogP contribution in [-0.2, 0) is 32.6 Å². The fourth-order valence-electron chi connectivity index (χ4n) is 4.24. The van der Waals surface area contributed by atoms with E-state index in [2.05, 4.69) is 5.32 Å². The van der Waals surface area contributed by atoms with E-state index >= 15 is 0 Å². The largest absolute Gasteiger partial charge is 0.354 e. The maximum absolute atomic E-state index is 13.2. The van der Waals surface area contributed by atoms with E-state index in [-0.39, 0.29) is 18.2 Å². The number of allylic oxidation sites excluding steroid dienone is 1. The molecule has 1 aliphatic carbocycles. The normalized spacial score (nSPS) is 14.2. The van der Waals surface area contributed by atoms with E-state index in [4.69, 9.17) is 5.73 Å². The number of ketones is 1. The molecule has 1 aliphatic rings. The maximum atomic E-state index is 13.2. The number of carbonyl (C=O) groups excluding carboxylic acids is 2. The van der Waals surface area contributed by atoms with Crippen molar-refractivity contribution >= 4 is 44.4 Å². The summed E-state index contributed by atoms with van der Waals surface area (Å²) < 4.78 is 26.2. The van der Waals surface area contributed by atoms with Gasteiger partial charge in [-0.15, -0.1) is 0 Å². The first-order valence-electron chi connectivity index (χ1n) is 11.8. The Balaban J connectivity index is 1.81. The molecular weight excluding hydrogens is 488 g/mol. The average molecular weight is 519 g/mol. The quantitative estimate of drug-likeness (QED) is 0.443. The molecule has 0 atom stereocenters. The smallest absolute Gasteiger partial charge is 0.242 e. The number of amides is 1. The van der Waals surface area contributed by atoms with Crippen molar-refractivity contribution in [3.05, 3.63) is 95.1 Å². The second kappa shape index (κ2) is 10.6. The number of fused-ring (bicyclic) bond motifs is 1. The molecule has 0 aromatic heterocycles. The average Bonchev–Trinajstić information content (AvgIpc) is 3.20. The zero-order valence-electron chi connectivity index (χ0n) is 21.1. The highest BCUT2D eigenvalue weighted by Gasteiger charge is 2.28. The zero-order chi connectivity index (χ0) is 26.7. The number of rotatable bonds is 8. The maximum Gasteiger partial charge on any atom is 0.242 e. The Bertz CT molecular complexity index is 1480. The van der Waals surface area contributed by atoms with Crippen molar-refractivity contribution in [1.29, 1.82) is 0 Å². The molecule has 0 spiro atoms. The molecule has 3 aromatic rings. The van der Waals surface area contributed by atoms with Crippen molar-refractivity contribution in [2.45, 2.75) is 13.0 Å². The Kier molecular flexibility index (Phi) is 7.47. The fraction of sp³-hybridized carbons (Fsp3) is 0.214. The van der Waals surface area contributed by atoms with Crippen molar-refractivity contribution in [2.75, 3.05) is 36.5 Å². The molecule has 1 amide bonds. The van der Waals surface area contributed by atoms with Crippen molar-refractivity contribution in [3.63, 3.8) is 0 Å². The summed E-state index contributed by atoms with van der Waals surface area (Å²) in [6.07, 6.45) is 1.38. The van der Waals surface area contributed by atoms with Crippen LogP contribution in [0.5, 0.6) is 0 Å². The SMILES string of the molecule is CN(C)C(=O)CN(c1cccc(N/C(=C2\C(=O)Cc3ccccc32)c2ccc(CN)cc2)c1)S(C)(=O)=O. The fourth-order valence-corrected chi connectivity index (χ4v) is 5.08. The first kappa shape index (κ1) is 26.1. The molecule has 0 saturated heterocycles. The van der Waals surface area contributed by atoms with Gasteiger partial charge in [-0.3, -0.25) is 13.9 Å². The number of benzene rings is 3. The molecule has 37 heavy (non-hydrogen) atoms. The molecule has 9 heteroatoms. The summed E-state index contributed by atoms with van der Waals surface area (Å²) in [5.41, 5.74) is 11.5. The lowest BCUT2D eigenvalue weighted by molar-refractivity contribution is -0.127. The zero-order valence-corrected chi connectivity index (χ0v) is 21.9. The molecule has 8 nitrogen and oxygen atoms in total. The van der Waals surface area contributed by atoms with Gasteiger partial charge in [-0.05, 0) is 40.5 Å². The Morgan fingerprint density at radius 3 is 2.35 bits per heavy atom. The predicted octanol–water partition coefficient (Wildman–Crippen LogP) is 3.11. The van der Waals surface area contributed by atoms with Gasteiger partial charge in [-0.2, -0.15) is 0 Å². The van der Waals surface area contributed by atoms with Crippen molar-refractivity contribution in [1.82, 2.24) is 4.90 Å². The number of likely N-dealkylation sites (N-methyl/N-ethyl adjacent to an activating group) is 1. The Hall–Kier alpha value is -3.95. The Labute approximate surface area is 217 Å². The van der Waals surface area contributed by atoms with Gasteiger partial charge in [0.2, 0.25) is 15.9 Å². The van der Waals surface area contributed by atoms with Gasteiger partial charge in [0.25, 0.3) is 0 Å². The number of nitrogens with zero attached hydrogens (tertiary/aromatic N) is 2. The van der Waals surface area contributed by atoms with Crippen molar-refractivity contribution in [2.24, 2.45) is 5.73 Å². The minimum absolute atomic E-state index is 0.00269. The molecule has 4 rings (SSSR count). The lowest BCUT2D eigenvalue weighted by Crippen LogP contribution is -2.39. The van der Waals surface area contributed by atoms with Gasteiger partial charge >= 0.3 is 0 Å². The van der Waals surface area contributed by atoms with Gasteiger partial charge in [0, 0.05) is 38.3 Å². The molecule has 0 fully saturated rings. The molecule has 0 radical (unpaired) electrons. The van der Waals surface area contributed by atoms with Crippen LogP contribution in [0.2, 0.25) is 0 Å². The molecule has 3 N–H and O–H groups in total. The molecule has 0 heterocycles. The lowest BCUT2D eigenvalue weighted by Gasteiger charge is -2.24. The monoisotopic (exact) mass is 518 g/mol. The second-order valence-electron chi connectivity index (χ2n) is 9.14. The summed E-state index contributed by atoms with van der Waals surface area (Å²) in [7, 11) is -0.586. The molecule has 0 saturated carbocycles. The van der Waals surface area contributed by atoms with Gasteiger partial charge in [-0.25, -0.2) is 8.42 Å². The van der Waals surface area contributed by atoms with E-state index in [1.807, 2.05) is 48.5 Å². The van der Waals surface area contributed by atoms with Gasteiger partial charge in [0.1, 0.15) is 6.54 Å². The van der Waals surface area contributed by atoms with E-state index in [1.54, 1.807) is 38.4 Å². The van der Waals surface area contributed by atoms with Gasteiger partial charge < -0.3 is 16.0 Å². The van der Waals surface area contributed by atoms with E-state index in [1.165, 1.54) is 4.90 Å². The molecule has 0 unspecified atom stereocenters. The van der Waals surface area contributed by atoms with Crippen LogP contribution >= 0.6 is 0 Å². The molecule has 3 aromatic carbocycles.